The maximum absolute atomic E-state index is 10.3. The molecule has 0 radical (unpaired) electrons. The number of benzene rings is 1. The third kappa shape index (κ3) is 5.31. The van der Waals surface area contributed by atoms with E-state index in [0.717, 1.165) is 30.7 Å². The zero-order valence-electron chi connectivity index (χ0n) is 13.2. The number of hydrogen-bond donors (Lipinski definition) is 1. The SMILES string of the molecule is CC(C)(C)CC[C@H](O)c1cccc(Cc2ccccc2)n1. The van der Waals surface area contributed by atoms with Crippen molar-refractivity contribution in [2.45, 2.75) is 46.1 Å². The monoisotopic (exact) mass is 283 g/mol. The van der Waals surface area contributed by atoms with Crippen LogP contribution < -0.4 is 0 Å². The molecule has 0 amide bonds. The zero-order valence-corrected chi connectivity index (χ0v) is 13.2. The lowest BCUT2D eigenvalue weighted by Crippen LogP contribution is -2.09. The topological polar surface area (TPSA) is 33.1 Å². The standard InChI is InChI=1S/C19H25NO/c1-19(2,3)13-12-18(21)17-11-7-10-16(20-17)14-15-8-5-4-6-9-15/h4-11,18,21H,12-14H2,1-3H3/t18-/m0/s1. The molecule has 0 bridgehead atoms. The molecular weight excluding hydrogens is 258 g/mol. The fourth-order valence-electron chi connectivity index (χ4n) is 2.30. The fourth-order valence-corrected chi connectivity index (χ4v) is 2.30. The molecule has 21 heavy (non-hydrogen) atoms. The van der Waals surface area contributed by atoms with E-state index in [9.17, 15) is 5.11 Å². The van der Waals surface area contributed by atoms with Crippen LogP contribution in [0.2, 0.25) is 0 Å². The highest BCUT2D eigenvalue weighted by molar-refractivity contribution is 5.23. The lowest BCUT2D eigenvalue weighted by atomic mass is 9.88. The summed E-state index contributed by atoms with van der Waals surface area (Å²) in [4.78, 5) is 4.62. The van der Waals surface area contributed by atoms with Gasteiger partial charge in [-0.2, -0.15) is 0 Å². The van der Waals surface area contributed by atoms with Crippen molar-refractivity contribution >= 4 is 0 Å². The highest BCUT2D eigenvalue weighted by atomic mass is 16.3. The molecule has 0 saturated carbocycles. The van der Waals surface area contributed by atoms with Crippen molar-refractivity contribution in [1.29, 1.82) is 0 Å². The van der Waals surface area contributed by atoms with Gasteiger partial charge < -0.3 is 5.11 Å². The van der Waals surface area contributed by atoms with Gasteiger partial charge in [0.05, 0.1) is 11.8 Å². The Labute approximate surface area is 127 Å². The second-order valence-electron chi connectivity index (χ2n) is 6.83. The van der Waals surface area contributed by atoms with Crippen molar-refractivity contribution in [2.24, 2.45) is 5.41 Å². The lowest BCUT2D eigenvalue weighted by molar-refractivity contribution is 0.143. The molecule has 0 unspecified atom stereocenters. The third-order valence-electron chi connectivity index (χ3n) is 3.57. The Morgan fingerprint density at radius 2 is 1.71 bits per heavy atom. The first-order chi connectivity index (χ1) is 9.94. The van der Waals surface area contributed by atoms with Crippen molar-refractivity contribution in [3.8, 4) is 0 Å². The van der Waals surface area contributed by atoms with Crippen molar-refractivity contribution in [3.63, 3.8) is 0 Å². The van der Waals surface area contributed by atoms with Crippen molar-refractivity contribution in [3.05, 3.63) is 65.5 Å². The van der Waals surface area contributed by atoms with Crippen LogP contribution in [0.1, 0.15) is 56.7 Å². The molecule has 0 aliphatic carbocycles. The Kier molecular flexibility index (Phi) is 5.13. The van der Waals surface area contributed by atoms with E-state index in [1.165, 1.54) is 5.56 Å². The van der Waals surface area contributed by atoms with Crippen LogP contribution in [0.25, 0.3) is 0 Å². The van der Waals surface area contributed by atoms with Crippen LogP contribution in [0.3, 0.4) is 0 Å². The number of aliphatic hydroxyl groups excluding tert-OH is 1. The van der Waals surface area contributed by atoms with Gasteiger partial charge >= 0.3 is 0 Å². The summed E-state index contributed by atoms with van der Waals surface area (Å²) in [5, 5.41) is 10.3. The summed E-state index contributed by atoms with van der Waals surface area (Å²) in [5.41, 5.74) is 3.27. The van der Waals surface area contributed by atoms with E-state index in [4.69, 9.17) is 0 Å². The Hall–Kier alpha value is -1.67. The van der Waals surface area contributed by atoms with Crippen LogP contribution >= 0.6 is 0 Å². The van der Waals surface area contributed by atoms with Gasteiger partial charge in [0.1, 0.15) is 0 Å². The van der Waals surface area contributed by atoms with Gasteiger partial charge in [-0.1, -0.05) is 57.2 Å². The van der Waals surface area contributed by atoms with E-state index < -0.39 is 6.10 Å². The average Bonchev–Trinajstić information content (AvgIpc) is 2.45. The lowest BCUT2D eigenvalue weighted by Gasteiger charge is -2.20. The molecule has 1 N–H and O–H groups in total. The molecular formula is C19H25NO. The maximum Gasteiger partial charge on any atom is 0.0960 e. The number of aromatic nitrogens is 1. The summed E-state index contributed by atoms with van der Waals surface area (Å²) < 4.78 is 0. The van der Waals surface area contributed by atoms with E-state index in [1.807, 2.05) is 36.4 Å². The van der Waals surface area contributed by atoms with Crippen LogP contribution in [0, 0.1) is 5.41 Å². The van der Waals surface area contributed by atoms with Gasteiger partial charge in [0.2, 0.25) is 0 Å². The quantitative estimate of drug-likeness (QED) is 0.874. The molecule has 112 valence electrons. The zero-order chi connectivity index (χ0) is 15.3. The van der Waals surface area contributed by atoms with Crippen molar-refractivity contribution in [1.82, 2.24) is 4.98 Å². The van der Waals surface area contributed by atoms with Gasteiger partial charge in [0.25, 0.3) is 0 Å². The molecule has 1 atom stereocenters. The van der Waals surface area contributed by atoms with Gasteiger partial charge in [0.15, 0.2) is 0 Å². The molecule has 2 nitrogen and oxygen atoms in total. The average molecular weight is 283 g/mol. The number of hydrogen-bond acceptors (Lipinski definition) is 2. The van der Waals surface area contributed by atoms with E-state index in [0.29, 0.717) is 0 Å². The Balaban J connectivity index is 2.03. The Morgan fingerprint density at radius 3 is 2.38 bits per heavy atom. The summed E-state index contributed by atoms with van der Waals surface area (Å²) >= 11 is 0. The number of pyridine rings is 1. The minimum atomic E-state index is -0.472. The first kappa shape index (κ1) is 15.7. The molecule has 2 aromatic rings. The van der Waals surface area contributed by atoms with Crippen LogP contribution in [0.15, 0.2) is 48.5 Å². The molecule has 0 aliphatic rings. The summed E-state index contributed by atoms with van der Waals surface area (Å²) in [5.74, 6) is 0. The number of aliphatic hydroxyl groups is 1. The molecule has 0 fully saturated rings. The number of nitrogens with zero attached hydrogens (tertiary/aromatic N) is 1. The third-order valence-corrected chi connectivity index (χ3v) is 3.57. The van der Waals surface area contributed by atoms with Gasteiger partial charge in [-0.15, -0.1) is 0 Å². The predicted molar refractivity (Wildman–Crippen MR) is 87.1 cm³/mol. The van der Waals surface area contributed by atoms with E-state index in [1.54, 1.807) is 0 Å². The van der Waals surface area contributed by atoms with Crippen LogP contribution in [0.4, 0.5) is 0 Å². The highest BCUT2D eigenvalue weighted by Gasteiger charge is 2.16. The molecule has 0 aliphatic heterocycles. The van der Waals surface area contributed by atoms with Gasteiger partial charge in [0, 0.05) is 12.1 Å². The molecule has 2 heteroatoms. The Bertz CT molecular complexity index is 557. The van der Waals surface area contributed by atoms with Crippen LogP contribution in [-0.4, -0.2) is 10.1 Å². The van der Waals surface area contributed by atoms with Gasteiger partial charge in [-0.05, 0) is 36.0 Å². The van der Waals surface area contributed by atoms with Gasteiger partial charge in [-0.25, -0.2) is 0 Å². The molecule has 0 spiro atoms. The van der Waals surface area contributed by atoms with Crippen LogP contribution in [0.5, 0.6) is 0 Å². The molecule has 2 rings (SSSR count). The van der Waals surface area contributed by atoms with Crippen LogP contribution in [-0.2, 0) is 6.42 Å². The largest absolute Gasteiger partial charge is 0.387 e. The minimum absolute atomic E-state index is 0.239. The van der Waals surface area contributed by atoms with Crippen molar-refractivity contribution in [2.75, 3.05) is 0 Å². The second kappa shape index (κ2) is 6.86. The summed E-state index contributed by atoms with van der Waals surface area (Å²) in [6.07, 6.45) is 2.07. The maximum atomic E-state index is 10.3. The number of rotatable bonds is 5. The summed E-state index contributed by atoms with van der Waals surface area (Å²) in [6, 6.07) is 16.2. The van der Waals surface area contributed by atoms with E-state index in [-0.39, 0.29) is 5.41 Å². The first-order valence-corrected chi connectivity index (χ1v) is 7.62. The first-order valence-electron chi connectivity index (χ1n) is 7.62. The van der Waals surface area contributed by atoms with E-state index >= 15 is 0 Å². The molecule has 1 aromatic heterocycles. The highest BCUT2D eigenvalue weighted by Crippen LogP contribution is 2.26. The fraction of sp³-hybridized carbons (Fsp3) is 0.421. The minimum Gasteiger partial charge on any atom is -0.387 e. The molecule has 1 heterocycles. The molecule has 0 saturated heterocycles. The van der Waals surface area contributed by atoms with Gasteiger partial charge in [-0.3, -0.25) is 4.98 Å². The normalized spacial score (nSPS) is 13.1. The smallest absolute Gasteiger partial charge is 0.0960 e. The summed E-state index contributed by atoms with van der Waals surface area (Å²) in [7, 11) is 0. The van der Waals surface area contributed by atoms with E-state index in [2.05, 4.69) is 37.9 Å². The Morgan fingerprint density at radius 1 is 1.00 bits per heavy atom. The molecule has 1 aromatic carbocycles. The second-order valence-corrected chi connectivity index (χ2v) is 6.83. The predicted octanol–water partition coefficient (Wildman–Crippen LogP) is 4.53. The summed E-state index contributed by atoms with van der Waals surface area (Å²) in [6.45, 7) is 6.58. The van der Waals surface area contributed by atoms with Crippen molar-refractivity contribution < 1.29 is 5.11 Å².